The number of aromatic nitrogens is 4. The van der Waals surface area contributed by atoms with Gasteiger partial charge in [-0.05, 0) is 30.7 Å². The normalized spacial score (nSPS) is 16.1. The van der Waals surface area contributed by atoms with E-state index < -0.39 is 0 Å². The zero-order valence-electron chi connectivity index (χ0n) is 14.4. The van der Waals surface area contributed by atoms with Crippen LogP contribution in [0.5, 0.6) is 5.88 Å². The van der Waals surface area contributed by atoms with E-state index in [4.69, 9.17) is 9.15 Å². The lowest BCUT2D eigenvalue weighted by molar-refractivity contribution is 0.394. The fraction of sp³-hybridized carbons (Fsp3) is 0.158. The maximum atomic E-state index is 5.43. The molecule has 0 saturated heterocycles. The first kappa shape index (κ1) is 16.0. The molecule has 2 aromatic heterocycles. The quantitative estimate of drug-likeness (QED) is 0.715. The third-order valence-electron chi connectivity index (χ3n) is 4.09. The van der Waals surface area contributed by atoms with E-state index in [1.54, 1.807) is 13.3 Å². The van der Waals surface area contributed by atoms with Gasteiger partial charge in [0.25, 0.3) is 5.88 Å². The van der Waals surface area contributed by atoms with E-state index in [2.05, 4.69) is 26.2 Å². The Morgan fingerprint density at radius 2 is 2.00 bits per heavy atom. The summed E-state index contributed by atoms with van der Waals surface area (Å²) in [6, 6.07) is 7.97. The van der Waals surface area contributed by atoms with Crippen molar-refractivity contribution in [2.24, 2.45) is 0 Å². The van der Waals surface area contributed by atoms with Crippen molar-refractivity contribution in [2.45, 2.75) is 13.0 Å². The molecule has 0 bridgehead atoms. The molecular formula is C19H17N5O2. The fourth-order valence-corrected chi connectivity index (χ4v) is 2.86. The molecule has 0 spiro atoms. The summed E-state index contributed by atoms with van der Waals surface area (Å²) in [4.78, 5) is 11.0. The van der Waals surface area contributed by atoms with Crippen molar-refractivity contribution < 1.29 is 9.15 Å². The molecule has 7 heteroatoms. The van der Waals surface area contributed by atoms with Crippen molar-refractivity contribution >= 4 is 5.82 Å². The van der Waals surface area contributed by atoms with E-state index in [-0.39, 0.29) is 6.04 Å². The number of anilines is 1. The van der Waals surface area contributed by atoms with Crippen LogP contribution in [0.25, 0.3) is 11.5 Å². The van der Waals surface area contributed by atoms with Crippen LogP contribution in [0.15, 0.2) is 65.7 Å². The summed E-state index contributed by atoms with van der Waals surface area (Å²) in [5.74, 6) is 1.67. The van der Waals surface area contributed by atoms with Gasteiger partial charge in [0.15, 0.2) is 5.82 Å². The van der Waals surface area contributed by atoms with E-state index in [1.165, 1.54) is 6.39 Å². The zero-order chi connectivity index (χ0) is 17.9. The molecule has 3 heterocycles. The van der Waals surface area contributed by atoms with Gasteiger partial charge in [-0.25, -0.2) is 9.97 Å². The number of aryl methyl sites for hydroxylation is 1. The smallest absolute Gasteiger partial charge is 0.257 e. The minimum atomic E-state index is -0.0253. The minimum Gasteiger partial charge on any atom is -0.478 e. The van der Waals surface area contributed by atoms with E-state index in [1.807, 2.05) is 54.4 Å². The van der Waals surface area contributed by atoms with E-state index >= 15 is 0 Å². The molecule has 130 valence electrons. The molecule has 4 rings (SSSR count). The van der Waals surface area contributed by atoms with Gasteiger partial charge in [0.05, 0.1) is 25.0 Å². The summed E-state index contributed by atoms with van der Waals surface area (Å²) in [5, 5.41) is 7.65. The summed E-state index contributed by atoms with van der Waals surface area (Å²) in [7, 11) is 1.60. The van der Waals surface area contributed by atoms with Gasteiger partial charge >= 0.3 is 0 Å². The summed E-state index contributed by atoms with van der Waals surface area (Å²) in [6.45, 7) is 1.89. The van der Waals surface area contributed by atoms with Crippen molar-refractivity contribution in [2.75, 3.05) is 12.0 Å². The van der Waals surface area contributed by atoms with Crippen LogP contribution in [0.3, 0.4) is 0 Å². The monoisotopic (exact) mass is 347 g/mol. The van der Waals surface area contributed by atoms with Gasteiger partial charge < -0.3 is 14.1 Å². The molecule has 1 aliphatic rings. The predicted octanol–water partition coefficient (Wildman–Crippen LogP) is 3.47. The third-order valence-corrected chi connectivity index (χ3v) is 4.09. The van der Waals surface area contributed by atoms with Crippen molar-refractivity contribution in [1.82, 2.24) is 20.2 Å². The highest BCUT2D eigenvalue weighted by Crippen LogP contribution is 2.34. The number of hydrogen-bond acceptors (Lipinski definition) is 7. The first-order valence-corrected chi connectivity index (χ1v) is 8.14. The van der Waals surface area contributed by atoms with Gasteiger partial charge in [0.1, 0.15) is 0 Å². The predicted molar refractivity (Wildman–Crippen MR) is 96.6 cm³/mol. The Bertz CT molecular complexity index is 949. The highest BCUT2D eigenvalue weighted by molar-refractivity contribution is 5.58. The SMILES string of the molecule is COc1nc(C)cnc1N1C=CC=CC1c1ccc(-c2nnco2)cc1. The molecule has 26 heavy (non-hydrogen) atoms. The van der Waals surface area contributed by atoms with Crippen molar-refractivity contribution in [3.05, 3.63) is 72.5 Å². The molecule has 1 aliphatic heterocycles. The lowest BCUT2D eigenvalue weighted by Crippen LogP contribution is -2.25. The average Bonchev–Trinajstić information content (AvgIpc) is 3.23. The molecule has 1 unspecified atom stereocenters. The Hall–Kier alpha value is -3.48. The molecule has 0 radical (unpaired) electrons. The van der Waals surface area contributed by atoms with Crippen LogP contribution in [-0.2, 0) is 0 Å². The summed E-state index contributed by atoms with van der Waals surface area (Å²) < 4.78 is 10.7. The van der Waals surface area contributed by atoms with Crippen LogP contribution in [0.2, 0.25) is 0 Å². The van der Waals surface area contributed by atoms with Gasteiger partial charge in [-0.2, -0.15) is 0 Å². The fourth-order valence-electron chi connectivity index (χ4n) is 2.86. The molecule has 1 atom stereocenters. The summed E-state index contributed by atoms with van der Waals surface area (Å²) in [5.41, 5.74) is 2.78. The Labute approximate surface area is 150 Å². The Morgan fingerprint density at radius 3 is 2.73 bits per heavy atom. The molecule has 7 nitrogen and oxygen atoms in total. The molecule has 0 amide bonds. The maximum Gasteiger partial charge on any atom is 0.257 e. The van der Waals surface area contributed by atoms with Crippen LogP contribution in [0, 0.1) is 6.92 Å². The number of allylic oxidation sites excluding steroid dienone is 2. The maximum absolute atomic E-state index is 5.43. The van der Waals surface area contributed by atoms with Crippen molar-refractivity contribution in [1.29, 1.82) is 0 Å². The lowest BCUT2D eigenvalue weighted by atomic mass is 10.0. The largest absolute Gasteiger partial charge is 0.478 e. The molecule has 1 aromatic carbocycles. The number of rotatable bonds is 4. The number of benzene rings is 1. The Morgan fingerprint density at radius 1 is 1.15 bits per heavy atom. The molecule has 0 N–H and O–H groups in total. The van der Waals surface area contributed by atoms with E-state index in [0.717, 1.165) is 16.8 Å². The van der Waals surface area contributed by atoms with Crippen LogP contribution in [0.4, 0.5) is 5.82 Å². The first-order valence-electron chi connectivity index (χ1n) is 8.14. The minimum absolute atomic E-state index is 0.0253. The van der Waals surface area contributed by atoms with Gasteiger partial charge in [0.2, 0.25) is 12.3 Å². The van der Waals surface area contributed by atoms with Crippen LogP contribution < -0.4 is 9.64 Å². The standard InChI is InChI=1S/C19H17N5O2/c1-13-11-20-17(19(22-13)25-2)24-10-4-3-5-16(24)14-6-8-15(9-7-14)18-23-21-12-26-18/h3-12,16H,1-2H3. The van der Waals surface area contributed by atoms with Gasteiger partial charge in [-0.1, -0.05) is 24.3 Å². The second-order valence-electron chi connectivity index (χ2n) is 5.79. The van der Waals surface area contributed by atoms with E-state index in [9.17, 15) is 0 Å². The molecule has 0 aliphatic carbocycles. The summed E-state index contributed by atoms with van der Waals surface area (Å²) in [6.07, 6.45) is 11.1. The molecular weight excluding hydrogens is 330 g/mol. The van der Waals surface area contributed by atoms with Crippen LogP contribution in [-0.4, -0.2) is 27.3 Å². The topological polar surface area (TPSA) is 77.2 Å². The number of hydrogen-bond donors (Lipinski definition) is 0. The highest BCUT2D eigenvalue weighted by atomic mass is 16.5. The van der Waals surface area contributed by atoms with Gasteiger partial charge in [-0.3, -0.25) is 0 Å². The lowest BCUT2D eigenvalue weighted by Gasteiger charge is -2.30. The molecule has 0 fully saturated rings. The van der Waals surface area contributed by atoms with Crippen molar-refractivity contribution in [3.8, 4) is 17.3 Å². The van der Waals surface area contributed by atoms with E-state index in [0.29, 0.717) is 17.6 Å². The summed E-state index contributed by atoms with van der Waals surface area (Å²) >= 11 is 0. The average molecular weight is 347 g/mol. The number of nitrogens with zero attached hydrogens (tertiary/aromatic N) is 5. The highest BCUT2D eigenvalue weighted by Gasteiger charge is 2.23. The molecule has 3 aromatic rings. The second kappa shape index (κ2) is 6.79. The Balaban J connectivity index is 1.68. The second-order valence-corrected chi connectivity index (χ2v) is 5.79. The van der Waals surface area contributed by atoms with Crippen molar-refractivity contribution in [3.63, 3.8) is 0 Å². The molecule has 0 saturated carbocycles. The van der Waals surface area contributed by atoms with Crippen LogP contribution >= 0.6 is 0 Å². The number of ether oxygens (including phenoxy) is 1. The number of methoxy groups -OCH3 is 1. The Kier molecular flexibility index (Phi) is 4.18. The first-order chi connectivity index (χ1) is 12.8. The third kappa shape index (κ3) is 2.95. The zero-order valence-corrected chi connectivity index (χ0v) is 14.4. The van der Waals surface area contributed by atoms with Crippen LogP contribution in [0.1, 0.15) is 17.3 Å². The van der Waals surface area contributed by atoms with Gasteiger partial charge in [0, 0.05) is 11.8 Å². The van der Waals surface area contributed by atoms with Gasteiger partial charge in [-0.15, -0.1) is 10.2 Å².